The number of hydrogen-bond donors (Lipinski definition) is 3. The van der Waals surface area contributed by atoms with E-state index >= 15 is 0 Å². The first-order valence-electron chi connectivity index (χ1n) is 13.1. The number of amides is 1. The quantitative estimate of drug-likeness (QED) is 0.300. The molecule has 2 aromatic heterocycles. The molecule has 0 radical (unpaired) electrons. The summed E-state index contributed by atoms with van der Waals surface area (Å²) in [5.41, 5.74) is 9.79. The molecule has 3 heterocycles. The lowest BCUT2D eigenvalue weighted by Crippen LogP contribution is -2.45. The first-order chi connectivity index (χ1) is 18.5. The third-order valence-corrected chi connectivity index (χ3v) is 7.26. The number of nitrogens with two attached hydrogens (primary N) is 1. The minimum absolute atomic E-state index is 0.110. The van der Waals surface area contributed by atoms with Crippen LogP contribution in [-0.2, 0) is 17.8 Å². The number of aromatic amines is 1. The fraction of sp³-hybridized carbons (Fsp3) is 0.333. The Kier molecular flexibility index (Phi) is 8.00. The molecule has 7 nitrogen and oxygen atoms in total. The largest absolute Gasteiger partial charge is 0.453 e. The maximum absolute atomic E-state index is 14.9. The van der Waals surface area contributed by atoms with Crippen molar-refractivity contribution >= 4 is 16.9 Å². The summed E-state index contributed by atoms with van der Waals surface area (Å²) >= 11 is 0. The number of halogens is 1. The molecule has 1 unspecified atom stereocenters. The van der Waals surface area contributed by atoms with Crippen LogP contribution in [0.2, 0.25) is 0 Å². The Morgan fingerprint density at radius 3 is 2.71 bits per heavy atom. The summed E-state index contributed by atoms with van der Waals surface area (Å²) in [6.07, 6.45) is 5.79. The van der Waals surface area contributed by atoms with Gasteiger partial charge >= 0.3 is 0 Å². The van der Waals surface area contributed by atoms with E-state index in [1.807, 2.05) is 19.2 Å². The second kappa shape index (κ2) is 11.8. The van der Waals surface area contributed by atoms with Gasteiger partial charge in [-0.05, 0) is 80.1 Å². The zero-order valence-electron chi connectivity index (χ0n) is 21.6. The number of H-pyrrole nitrogens is 1. The number of nitrogens with zero attached hydrogens (tertiary/aromatic N) is 2. The molecule has 1 aliphatic heterocycles. The number of carbonyl (C=O) groups excluding carboxylic acids is 1. The van der Waals surface area contributed by atoms with Crippen molar-refractivity contribution in [2.45, 2.75) is 38.8 Å². The van der Waals surface area contributed by atoms with Gasteiger partial charge in [0.25, 0.3) is 0 Å². The number of fused-ring (bicyclic) bond motifs is 1. The van der Waals surface area contributed by atoms with Crippen LogP contribution < -0.4 is 15.8 Å². The van der Waals surface area contributed by atoms with E-state index < -0.39 is 11.9 Å². The average molecular weight is 516 g/mol. The van der Waals surface area contributed by atoms with Crippen molar-refractivity contribution in [2.24, 2.45) is 11.7 Å². The molecular formula is C30H34FN5O2. The van der Waals surface area contributed by atoms with Crippen molar-refractivity contribution in [3.8, 4) is 11.5 Å². The number of pyridine rings is 1. The summed E-state index contributed by atoms with van der Waals surface area (Å²) in [4.78, 5) is 22.4. The zero-order chi connectivity index (χ0) is 26.5. The van der Waals surface area contributed by atoms with Crippen molar-refractivity contribution in [3.63, 3.8) is 0 Å². The van der Waals surface area contributed by atoms with E-state index in [9.17, 15) is 9.18 Å². The molecule has 5 rings (SSSR count). The molecule has 0 spiro atoms. The van der Waals surface area contributed by atoms with Gasteiger partial charge in [0.05, 0.1) is 11.4 Å². The highest BCUT2D eigenvalue weighted by Crippen LogP contribution is 2.32. The van der Waals surface area contributed by atoms with Crippen LogP contribution in [0, 0.1) is 18.7 Å². The van der Waals surface area contributed by atoms with Crippen molar-refractivity contribution in [3.05, 3.63) is 89.5 Å². The van der Waals surface area contributed by atoms with Crippen LogP contribution in [0.1, 0.15) is 29.5 Å². The Morgan fingerprint density at radius 2 is 1.95 bits per heavy atom. The fourth-order valence-electron chi connectivity index (χ4n) is 5.05. The van der Waals surface area contributed by atoms with Gasteiger partial charge in [0.2, 0.25) is 5.91 Å². The Balaban J connectivity index is 1.09. The second-order valence-corrected chi connectivity index (χ2v) is 10.1. The van der Waals surface area contributed by atoms with Gasteiger partial charge in [-0.25, -0.2) is 9.37 Å². The molecule has 0 aliphatic carbocycles. The molecule has 198 valence electrons. The van der Waals surface area contributed by atoms with Gasteiger partial charge in [-0.3, -0.25) is 9.69 Å². The van der Waals surface area contributed by atoms with E-state index in [2.05, 4.69) is 44.5 Å². The molecule has 4 aromatic rings. The minimum atomic E-state index is -0.748. The molecule has 1 fully saturated rings. The average Bonchev–Trinajstić information content (AvgIpc) is 3.31. The van der Waals surface area contributed by atoms with Gasteiger partial charge in [0.1, 0.15) is 11.4 Å². The lowest BCUT2D eigenvalue weighted by molar-refractivity contribution is -0.122. The van der Waals surface area contributed by atoms with Gasteiger partial charge in [-0.1, -0.05) is 36.4 Å². The van der Waals surface area contributed by atoms with Gasteiger partial charge < -0.3 is 20.8 Å². The lowest BCUT2D eigenvalue weighted by Gasteiger charge is -2.32. The van der Waals surface area contributed by atoms with Gasteiger partial charge in [0.15, 0.2) is 11.6 Å². The number of hydrogen-bond acceptors (Lipinski definition) is 5. The Morgan fingerprint density at radius 1 is 1.16 bits per heavy atom. The molecule has 8 heteroatoms. The van der Waals surface area contributed by atoms with Crippen LogP contribution in [0.25, 0.3) is 11.0 Å². The maximum Gasteiger partial charge on any atom is 0.237 e. The number of carbonyl (C=O) groups is 1. The topological polar surface area (TPSA) is 96.3 Å². The Hall–Kier alpha value is -3.75. The molecule has 4 N–H and O–H groups in total. The number of ether oxygens (including phenoxy) is 1. The third-order valence-electron chi connectivity index (χ3n) is 7.26. The highest BCUT2D eigenvalue weighted by atomic mass is 19.1. The standard InChI is InChI=1S/C30H34FN5O2/c1-20-17-34-29-28(20)27(9-12-33-29)38-26-8-7-23(15-24(26)31)16-25(32)30(37)35-18-21-10-13-36(14-11-21)19-22-5-3-2-4-6-22/h2-9,12,15,17,21,25H,10-11,13-14,16,18-19,32H2,1H3,(H,33,34)(H,35,37). The number of rotatable bonds is 9. The van der Waals surface area contributed by atoms with Crippen molar-refractivity contribution in [1.82, 2.24) is 20.2 Å². The van der Waals surface area contributed by atoms with Crippen LogP contribution >= 0.6 is 0 Å². The first kappa shape index (κ1) is 25.9. The number of aryl methyl sites for hydroxylation is 1. The van der Waals surface area contributed by atoms with Gasteiger partial charge in [0, 0.05) is 25.5 Å². The molecule has 1 atom stereocenters. The van der Waals surface area contributed by atoms with Crippen molar-refractivity contribution < 1.29 is 13.9 Å². The number of nitrogens with one attached hydrogen (secondary N) is 2. The predicted octanol–water partition coefficient (Wildman–Crippen LogP) is 4.70. The van der Waals surface area contributed by atoms with E-state index in [4.69, 9.17) is 10.5 Å². The highest BCUT2D eigenvalue weighted by molar-refractivity contribution is 5.86. The first-order valence-corrected chi connectivity index (χ1v) is 13.1. The number of likely N-dealkylation sites (tertiary alicyclic amines) is 1. The number of benzene rings is 2. The Bertz CT molecular complexity index is 1380. The monoisotopic (exact) mass is 515 g/mol. The van der Waals surface area contributed by atoms with Crippen molar-refractivity contribution in [1.29, 1.82) is 0 Å². The minimum Gasteiger partial charge on any atom is -0.453 e. The SMILES string of the molecule is Cc1c[nH]c2nccc(Oc3ccc(CC(N)C(=O)NCC4CCN(Cc5ccccc5)CC4)cc3F)c12. The summed E-state index contributed by atoms with van der Waals surface area (Å²) < 4.78 is 20.7. The maximum atomic E-state index is 14.9. The fourth-order valence-corrected chi connectivity index (χ4v) is 5.05. The molecular weight excluding hydrogens is 481 g/mol. The van der Waals surface area contributed by atoms with Gasteiger partial charge in [-0.2, -0.15) is 0 Å². The number of aromatic nitrogens is 2. The van der Waals surface area contributed by atoms with E-state index in [0.29, 0.717) is 29.4 Å². The predicted molar refractivity (Wildman–Crippen MR) is 146 cm³/mol. The van der Waals surface area contributed by atoms with E-state index in [1.54, 1.807) is 24.4 Å². The molecule has 1 saturated heterocycles. The lowest BCUT2D eigenvalue weighted by atomic mass is 9.96. The van der Waals surface area contributed by atoms with Crippen molar-refractivity contribution in [2.75, 3.05) is 19.6 Å². The van der Waals surface area contributed by atoms with Crippen LogP contribution in [-0.4, -0.2) is 46.5 Å². The normalized spacial score (nSPS) is 15.4. The highest BCUT2D eigenvalue weighted by Gasteiger charge is 2.22. The molecule has 38 heavy (non-hydrogen) atoms. The smallest absolute Gasteiger partial charge is 0.237 e. The zero-order valence-corrected chi connectivity index (χ0v) is 21.6. The molecule has 0 bridgehead atoms. The summed E-state index contributed by atoms with van der Waals surface area (Å²) in [5, 5.41) is 3.82. The molecule has 1 amide bonds. The molecule has 1 aliphatic rings. The Labute approximate surface area is 222 Å². The summed E-state index contributed by atoms with van der Waals surface area (Å²) in [5.74, 6) is 0.367. The van der Waals surface area contributed by atoms with Crippen LogP contribution in [0.3, 0.4) is 0 Å². The second-order valence-electron chi connectivity index (χ2n) is 10.1. The number of piperidine rings is 1. The molecule has 0 saturated carbocycles. The molecule has 2 aromatic carbocycles. The van der Waals surface area contributed by atoms with Crippen LogP contribution in [0.4, 0.5) is 4.39 Å². The summed E-state index contributed by atoms with van der Waals surface area (Å²) in [6, 6.07) is 16.2. The van der Waals surface area contributed by atoms with Crippen LogP contribution in [0.15, 0.2) is 67.0 Å². The van der Waals surface area contributed by atoms with Gasteiger partial charge in [-0.15, -0.1) is 0 Å². The van der Waals surface area contributed by atoms with E-state index in [0.717, 1.165) is 43.4 Å². The summed E-state index contributed by atoms with van der Waals surface area (Å²) in [7, 11) is 0. The van der Waals surface area contributed by atoms with E-state index in [-0.39, 0.29) is 18.1 Å². The summed E-state index contributed by atoms with van der Waals surface area (Å²) in [6.45, 7) is 5.55. The van der Waals surface area contributed by atoms with Crippen LogP contribution in [0.5, 0.6) is 11.5 Å². The third kappa shape index (κ3) is 6.20. The van der Waals surface area contributed by atoms with E-state index in [1.165, 1.54) is 11.6 Å².